The van der Waals surface area contributed by atoms with E-state index in [-0.39, 0.29) is 11.9 Å². The number of hydrogen-bond donors (Lipinski definition) is 0. The lowest BCUT2D eigenvalue weighted by molar-refractivity contribution is -0.118. The van der Waals surface area contributed by atoms with E-state index in [0.29, 0.717) is 0 Å². The van der Waals surface area contributed by atoms with Crippen molar-refractivity contribution >= 4 is 11.9 Å². The Bertz CT molecular complexity index is 464. The molecule has 90 valence electrons. The monoisotopic (exact) mass is 232 g/mol. The molecule has 1 aliphatic rings. The highest BCUT2D eigenvalue weighted by molar-refractivity contribution is 6.02. The van der Waals surface area contributed by atoms with E-state index in [1.807, 2.05) is 38.1 Å². The van der Waals surface area contributed by atoms with E-state index < -0.39 is 5.60 Å². The molecule has 2 rings (SSSR count). The summed E-state index contributed by atoms with van der Waals surface area (Å²) in [5, 5.41) is 0. The maximum atomic E-state index is 11.9. The standard InChI is InChI=1S/C14H16O3/c1-10-14(2,17-10)13(15)9-8-11-6-4-5-7-12(11)16-3/h4-10H,1-3H3/b9-8+/t10-,14-/m0/s1. The molecule has 0 spiro atoms. The van der Waals surface area contributed by atoms with E-state index in [0.717, 1.165) is 11.3 Å². The number of hydrogen-bond acceptors (Lipinski definition) is 3. The van der Waals surface area contributed by atoms with Crippen LogP contribution in [0.3, 0.4) is 0 Å². The summed E-state index contributed by atoms with van der Waals surface area (Å²) in [4.78, 5) is 11.9. The zero-order chi connectivity index (χ0) is 12.5. The van der Waals surface area contributed by atoms with Crippen molar-refractivity contribution in [3.05, 3.63) is 35.9 Å². The second kappa shape index (κ2) is 4.34. The van der Waals surface area contributed by atoms with Gasteiger partial charge >= 0.3 is 0 Å². The number of ketones is 1. The molecule has 1 fully saturated rings. The minimum absolute atomic E-state index is 0.00379. The zero-order valence-electron chi connectivity index (χ0n) is 10.3. The third kappa shape index (κ3) is 2.24. The zero-order valence-corrected chi connectivity index (χ0v) is 10.3. The van der Waals surface area contributed by atoms with Crippen LogP contribution in [-0.2, 0) is 9.53 Å². The van der Waals surface area contributed by atoms with Crippen LogP contribution in [0.2, 0.25) is 0 Å². The Kier molecular flexibility index (Phi) is 3.03. The number of rotatable bonds is 4. The van der Waals surface area contributed by atoms with Crippen LogP contribution in [0.4, 0.5) is 0 Å². The lowest BCUT2D eigenvalue weighted by atomic mass is 10.0. The Labute approximate surface area is 101 Å². The van der Waals surface area contributed by atoms with Crippen LogP contribution in [0, 0.1) is 0 Å². The molecular formula is C14H16O3. The fourth-order valence-corrected chi connectivity index (χ4v) is 1.73. The first-order chi connectivity index (χ1) is 8.08. The van der Waals surface area contributed by atoms with Crippen LogP contribution >= 0.6 is 0 Å². The highest BCUT2D eigenvalue weighted by atomic mass is 16.6. The Morgan fingerprint density at radius 3 is 2.71 bits per heavy atom. The molecule has 0 N–H and O–H groups in total. The van der Waals surface area contributed by atoms with Crippen LogP contribution in [0.5, 0.6) is 5.75 Å². The van der Waals surface area contributed by atoms with E-state index in [1.54, 1.807) is 19.3 Å². The Hall–Kier alpha value is -1.61. The molecule has 0 unspecified atom stereocenters. The first-order valence-electron chi connectivity index (χ1n) is 5.61. The summed E-state index contributed by atoms with van der Waals surface area (Å²) in [5.74, 6) is 0.752. The molecule has 0 aliphatic carbocycles. The van der Waals surface area contributed by atoms with Gasteiger partial charge in [0.05, 0.1) is 13.2 Å². The van der Waals surface area contributed by atoms with Crippen molar-refractivity contribution in [2.75, 3.05) is 7.11 Å². The molecule has 0 aromatic heterocycles. The van der Waals surface area contributed by atoms with Crippen molar-refractivity contribution in [1.29, 1.82) is 0 Å². The minimum Gasteiger partial charge on any atom is -0.496 e. The lowest BCUT2D eigenvalue weighted by Crippen LogP contribution is -2.20. The molecule has 3 heteroatoms. The molecule has 1 heterocycles. The van der Waals surface area contributed by atoms with Gasteiger partial charge in [0.1, 0.15) is 5.75 Å². The van der Waals surface area contributed by atoms with Crippen LogP contribution in [0.15, 0.2) is 30.3 Å². The average Bonchev–Trinajstić information content (AvgIpc) is 2.96. The molecule has 0 saturated carbocycles. The summed E-state index contributed by atoms with van der Waals surface area (Å²) in [6, 6.07) is 7.57. The van der Waals surface area contributed by atoms with E-state index in [1.165, 1.54) is 0 Å². The summed E-state index contributed by atoms with van der Waals surface area (Å²) < 4.78 is 10.5. The Morgan fingerprint density at radius 2 is 2.12 bits per heavy atom. The second-order valence-electron chi connectivity index (χ2n) is 4.31. The van der Waals surface area contributed by atoms with Gasteiger partial charge in [-0.3, -0.25) is 4.79 Å². The number of methoxy groups -OCH3 is 1. The average molecular weight is 232 g/mol. The predicted octanol–water partition coefficient (Wildman–Crippen LogP) is 2.45. The number of carbonyl (C=O) groups excluding carboxylic acids is 1. The molecule has 2 atom stereocenters. The van der Waals surface area contributed by atoms with Crippen molar-refractivity contribution in [2.45, 2.75) is 25.6 Å². The SMILES string of the molecule is COc1ccccc1/C=C/C(=O)[C@@]1(C)O[C@H]1C. The molecule has 0 radical (unpaired) electrons. The molecule has 1 aliphatic heterocycles. The van der Waals surface area contributed by atoms with Gasteiger partial charge in [-0.25, -0.2) is 0 Å². The third-order valence-electron chi connectivity index (χ3n) is 3.18. The van der Waals surface area contributed by atoms with Crippen molar-refractivity contribution in [1.82, 2.24) is 0 Å². The smallest absolute Gasteiger partial charge is 0.189 e. The van der Waals surface area contributed by atoms with Crippen LogP contribution in [0.1, 0.15) is 19.4 Å². The van der Waals surface area contributed by atoms with Gasteiger partial charge in [-0.05, 0) is 32.1 Å². The van der Waals surface area contributed by atoms with Gasteiger partial charge in [-0.2, -0.15) is 0 Å². The lowest BCUT2D eigenvalue weighted by Gasteiger charge is -2.03. The first kappa shape index (κ1) is 11.9. The van der Waals surface area contributed by atoms with E-state index in [2.05, 4.69) is 0 Å². The quantitative estimate of drug-likeness (QED) is 0.591. The van der Waals surface area contributed by atoms with Crippen molar-refractivity contribution < 1.29 is 14.3 Å². The number of benzene rings is 1. The molecule has 1 aromatic rings. The number of ether oxygens (including phenoxy) is 2. The van der Waals surface area contributed by atoms with Gasteiger partial charge in [0.25, 0.3) is 0 Å². The van der Waals surface area contributed by atoms with Gasteiger partial charge in [-0.1, -0.05) is 18.2 Å². The van der Waals surface area contributed by atoms with Gasteiger partial charge in [0.15, 0.2) is 11.4 Å². The van der Waals surface area contributed by atoms with Crippen molar-refractivity contribution in [3.8, 4) is 5.75 Å². The molecule has 1 aromatic carbocycles. The molecule has 0 amide bonds. The van der Waals surface area contributed by atoms with Crippen LogP contribution < -0.4 is 4.74 Å². The Balaban J connectivity index is 2.13. The van der Waals surface area contributed by atoms with E-state index in [4.69, 9.17) is 9.47 Å². The minimum atomic E-state index is -0.626. The maximum absolute atomic E-state index is 11.9. The summed E-state index contributed by atoms with van der Waals surface area (Å²) in [5.41, 5.74) is 0.263. The normalized spacial score (nSPS) is 27.1. The Morgan fingerprint density at radius 1 is 1.47 bits per heavy atom. The highest BCUT2D eigenvalue weighted by Gasteiger charge is 2.54. The predicted molar refractivity (Wildman–Crippen MR) is 66.0 cm³/mol. The van der Waals surface area contributed by atoms with Gasteiger partial charge in [-0.15, -0.1) is 0 Å². The summed E-state index contributed by atoms with van der Waals surface area (Å²) >= 11 is 0. The van der Waals surface area contributed by atoms with Crippen LogP contribution in [-0.4, -0.2) is 24.6 Å². The molecule has 1 saturated heterocycles. The molecule has 0 bridgehead atoms. The first-order valence-corrected chi connectivity index (χ1v) is 5.61. The number of epoxide rings is 1. The maximum Gasteiger partial charge on any atom is 0.189 e. The number of carbonyl (C=O) groups is 1. The fraction of sp³-hybridized carbons (Fsp3) is 0.357. The van der Waals surface area contributed by atoms with Crippen molar-refractivity contribution in [2.24, 2.45) is 0 Å². The van der Waals surface area contributed by atoms with Crippen molar-refractivity contribution in [3.63, 3.8) is 0 Å². The third-order valence-corrected chi connectivity index (χ3v) is 3.18. The van der Waals surface area contributed by atoms with Gasteiger partial charge in [0.2, 0.25) is 0 Å². The highest BCUT2D eigenvalue weighted by Crippen LogP contribution is 2.36. The molecule has 3 nitrogen and oxygen atoms in total. The second-order valence-corrected chi connectivity index (χ2v) is 4.31. The largest absolute Gasteiger partial charge is 0.496 e. The fourth-order valence-electron chi connectivity index (χ4n) is 1.73. The molecule has 17 heavy (non-hydrogen) atoms. The topological polar surface area (TPSA) is 38.8 Å². The number of para-hydroxylation sites is 1. The summed E-state index contributed by atoms with van der Waals surface area (Å²) in [6.45, 7) is 3.71. The summed E-state index contributed by atoms with van der Waals surface area (Å²) in [6.07, 6.45) is 3.33. The van der Waals surface area contributed by atoms with Gasteiger partial charge in [0, 0.05) is 5.56 Å². The van der Waals surface area contributed by atoms with Gasteiger partial charge < -0.3 is 9.47 Å². The van der Waals surface area contributed by atoms with E-state index in [9.17, 15) is 4.79 Å². The van der Waals surface area contributed by atoms with E-state index >= 15 is 0 Å². The summed E-state index contributed by atoms with van der Waals surface area (Å²) in [7, 11) is 1.61. The van der Waals surface area contributed by atoms with Crippen LogP contribution in [0.25, 0.3) is 6.08 Å². The molecular weight excluding hydrogens is 216 g/mol.